The molecule has 0 aliphatic rings. The normalized spacial score (nSPS) is 10.8. The van der Waals surface area contributed by atoms with Crippen molar-refractivity contribution in [2.75, 3.05) is 12.3 Å². The molecule has 0 aliphatic carbocycles. The van der Waals surface area contributed by atoms with Crippen LogP contribution in [0.25, 0.3) is 5.69 Å². The summed E-state index contributed by atoms with van der Waals surface area (Å²) in [6.07, 6.45) is 0. The molecule has 3 aromatic rings. The zero-order chi connectivity index (χ0) is 19.2. The van der Waals surface area contributed by atoms with Crippen molar-refractivity contribution in [3.63, 3.8) is 0 Å². The molecule has 2 aromatic carbocycles. The van der Waals surface area contributed by atoms with Gasteiger partial charge in [-0.05, 0) is 43.7 Å². The molecule has 27 heavy (non-hydrogen) atoms. The molecule has 3 rings (SSSR count). The fourth-order valence-corrected chi connectivity index (χ4v) is 3.71. The van der Waals surface area contributed by atoms with Crippen molar-refractivity contribution in [3.05, 3.63) is 82.9 Å². The molecule has 140 valence electrons. The Morgan fingerprint density at radius 1 is 1.11 bits per heavy atom. The predicted octanol–water partition coefficient (Wildman–Crippen LogP) is 4.29. The average molecular weight is 383 g/mol. The number of carbonyl (C=O) groups excluding carboxylic acids is 1. The molecule has 0 saturated heterocycles. The second-order valence-corrected chi connectivity index (χ2v) is 7.33. The van der Waals surface area contributed by atoms with Crippen LogP contribution < -0.4 is 5.32 Å². The minimum absolute atomic E-state index is 0.126. The van der Waals surface area contributed by atoms with Gasteiger partial charge in [-0.1, -0.05) is 30.3 Å². The summed E-state index contributed by atoms with van der Waals surface area (Å²) in [6, 6.07) is 16.3. The number of rotatable bonds is 7. The average Bonchev–Trinajstić information content (AvgIpc) is 2.97. The number of aryl methyl sites for hydroxylation is 1. The number of amides is 1. The zero-order valence-corrected chi connectivity index (χ0v) is 16.2. The van der Waals surface area contributed by atoms with E-state index in [0.717, 1.165) is 22.9 Å². The maximum Gasteiger partial charge on any atom is 0.255 e. The van der Waals surface area contributed by atoms with Crippen LogP contribution in [0.2, 0.25) is 0 Å². The third-order valence-electron chi connectivity index (χ3n) is 4.23. The number of benzene rings is 2. The van der Waals surface area contributed by atoms with E-state index in [-0.39, 0.29) is 11.7 Å². The molecule has 0 spiro atoms. The van der Waals surface area contributed by atoms with E-state index in [4.69, 9.17) is 0 Å². The van der Waals surface area contributed by atoms with E-state index in [1.54, 1.807) is 28.6 Å². The number of nitrogens with one attached hydrogen (secondary N) is 1. The zero-order valence-electron chi connectivity index (χ0n) is 15.4. The van der Waals surface area contributed by atoms with Crippen molar-refractivity contribution in [1.82, 2.24) is 15.1 Å². The van der Waals surface area contributed by atoms with Crippen LogP contribution in [-0.2, 0) is 5.75 Å². The van der Waals surface area contributed by atoms with Crippen molar-refractivity contribution in [2.24, 2.45) is 0 Å². The van der Waals surface area contributed by atoms with Gasteiger partial charge in [0.2, 0.25) is 0 Å². The monoisotopic (exact) mass is 383 g/mol. The summed E-state index contributed by atoms with van der Waals surface area (Å²) in [6.45, 7) is 4.26. The standard InChI is InChI=1S/C21H22FN3OS/c1-15-20(16(2)25(24-15)19-10-8-18(22)9-11-19)21(26)23-12-13-27-14-17-6-4-3-5-7-17/h3-11H,12-14H2,1-2H3,(H,23,26). The SMILES string of the molecule is Cc1nn(-c2ccc(F)cc2)c(C)c1C(=O)NCCSCc1ccccc1. The minimum Gasteiger partial charge on any atom is -0.351 e. The Labute approximate surface area is 162 Å². The summed E-state index contributed by atoms with van der Waals surface area (Å²) < 4.78 is 14.8. The molecule has 0 bridgehead atoms. The highest BCUT2D eigenvalue weighted by molar-refractivity contribution is 7.98. The molecular weight excluding hydrogens is 361 g/mol. The Balaban J connectivity index is 1.57. The van der Waals surface area contributed by atoms with Crippen molar-refractivity contribution in [3.8, 4) is 5.69 Å². The lowest BCUT2D eigenvalue weighted by Gasteiger charge is -2.07. The summed E-state index contributed by atoms with van der Waals surface area (Å²) in [5.41, 5.74) is 3.99. The molecule has 0 atom stereocenters. The Kier molecular flexibility index (Phi) is 6.29. The topological polar surface area (TPSA) is 46.9 Å². The van der Waals surface area contributed by atoms with Crippen LogP contribution in [0, 0.1) is 19.7 Å². The van der Waals surface area contributed by atoms with E-state index in [0.29, 0.717) is 17.8 Å². The van der Waals surface area contributed by atoms with Gasteiger partial charge in [-0.15, -0.1) is 0 Å². The summed E-state index contributed by atoms with van der Waals surface area (Å²) in [5.74, 6) is 1.34. The molecule has 0 unspecified atom stereocenters. The van der Waals surface area contributed by atoms with Gasteiger partial charge in [-0.25, -0.2) is 9.07 Å². The third kappa shape index (κ3) is 4.77. The molecule has 0 fully saturated rings. The second-order valence-electron chi connectivity index (χ2n) is 6.23. The number of hydrogen-bond donors (Lipinski definition) is 1. The highest BCUT2D eigenvalue weighted by atomic mass is 32.2. The van der Waals surface area contributed by atoms with Gasteiger partial charge in [0.15, 0.2) is 0 Å². The van der Waals surface area contributed by atoms with Gasteiger partial charge in [-0.3, -0.25) is 4.79 Å². The molecule has 0 aliphatic heterocycles. The Morgan fingerprint density at radius 3 is 2.52 bits per heavy atom. The van der Waals surface area contributed by atoms with E-state index < -0.39 is 0 Å². The van der Waals surface area contributed by atoms with E-state index in [1.807, 2.05) is 32.0 Å². The van der Waals surface area contributed by atoms with Gasteiger partial charge in [-0.2, -0.15) is 16.9 Å². The molecule has 1 aromatic heterocycles. The lowest BCUT2D eigenvalue weighted by atomic mass is 10.2. The third-order valence-corrected chi connectivity index (χ3v) is 5.26. The van der Waals surface area contributed by atoms with Gasteiger partial charge >= 0.3 is 0 Å². The fraction of sp³-hybridized carbons (Fsp3) is 0.238. The van der Waals surface area contributed by atoms with E-state index in [2.05, 4.69) is 22.5 Å². The van der Waals surface area contributed by atoms with Crippen LogP contribution >= 0.6 is 11.8 Å². The van der Waals surface area contributed by atoms with Crippen LogP contribution in [0.1, 0.15) is 27.3 Å². The van der Waals surface area contributed by atoms with Gasteiger partial charge in [0.1, 0.15) is 5.82 Å². The number of thioether (sulfide) groups is 1. The van der Waals surface area contributed by atoms with Crippen molar-refractivity contribution in [1.29, 1.82) is 0 Å². The summed E-state index contributed by atoms with van der Waals surface area (Å²) >= 11 is 1.78. The quantitative estimate of drug-likeness (QED) is 0.619. The predicted molar refractivity (Wildman–Crippen MR) is 108 cm³/mol. The molecule has 0 radical (unpaired) electrons. The second kappa shape index (κ2) is 8.86. The smallest absolute Gasteiger partial charge is 0.255 e. The molecule has 6 heteroatoms. The summed E-state index contributed by atoms with van der Waals surface area (Å²) in [5, 5.41) is 7.41. The highest BCUT2D eigenvalue weighted by Crippen LogP contribution is 2.18. The van der Waals surface area contributed by atoms with Gasteiger partial charge < -0.3 is 5.32 Å². The number of nitrogens with zero attached hydrogens (tertiary/aromatic N) is 2. The summed E-state index contributed by atoms with van der Waals surface area (Å²) in [4.78, 5) is 12.6. The number of halogens is 1. The molecule has 1 N–H and O–H groups in total. The van der Waals surface area contributed by atoms with Crippen LogP contribution in [0.5, 0.6) is 0 Å². The van der Waals surface area contributed by atoms with E-state index in [1.165, 1.54) is 17.7 Å². The number of aromatic nitrogens is 2. The van der Waals surface area contributed by atoms with Gasteiger partial charge in [0, 0.05) is 18.1 Å². The molecule has 1 heterocycles. The first-order valence-electron chi connectivity index (χ1n) is 8.78. The maximum atomic E-state index is 13.1. The molecule has 0 saturated carbocycles. The minimum atomic E-state index is -0.300. The van der Waals surface area contributed by atoms with E-state index in [9.17, 15) is 9.18 Å². The molecule has 4 nitrogen and oxygen atoms in total. The maximum absolute atomic E-state index is 13.1. The lowest BCUT2D eigenvalue weighted by molar-refractivity contribution is 0.0955. The first-order valence-corrected chi connectivity index (χ1v) is 9.94. The van der Waals surface area contributed by atoms with Crippen LogP contribution in [0.4, 0.5) is 4.39 Å². The van der Waals surface area contributed by atoms with Crippen LogP contribution in [0.3, 0.4) is 0 Å². The first-order chi connectivity index (χ1) is 13.1. The summed E-state index contributed by atoms with van der Waals surface area (Å²) in [7, 11) is 0. The highest BCUT2D eigenvalue weighted by Gasteiger charge is 2.19. The van der Waals surface area contributed by atoms with Gasteiger partial charge in [0.05, 0.1) is 22.6 Å². The lowest BCUT2D eigenvalue weighted by Crippen LogP contribution is -2.26. The Morgan fingerprint density at radius 2 is 1.81 bits per heavy atom. The first kappa shape index (κ1) is 19.2. The fourth-order valence-electron chi connectivity index (χ4n) is 2.89. The van der Waals surface area contributed by atoms with E-state index >= 15 is 0 Å². The van der Waals surface area contributed by atoms with Crippen molar-refractivity contribution in [2.45, 2.75) is 19.6 Å². The molecule has 1 amide bonds. The van der Waals surface area contributed by atoms with Crippen LogP contribution in [-0.4, -0.2) is 28.0 Å². The number of carbonyl (C=O) groups is 1. The van der Waals surface area contributed by atoms with Gasteiger partial charge in [0.25, 0.3) is 5.91 Å². The number of hydrogen-bond acceptors (Lipinski definition) is 3. The van der Waals surface area contributed by atoms with Crippen LogP contribution in [0.15, 0.2) is 54.6 Å². The van der Waals surface area contributed by atoms with Crippen molar-refractivity contribution < 1.29 is 9.18 Å². The largest absolute Gasteiger partial charge is 0.351 e. The molecular formula is C21H22FN3OS. The van der Waals surface area contributed by atoms with Crippen molar-refractivity contribution >= 4 is 17.7 Å². The Bertz CT molecular complexity index is 907. The Hall–Kier alpha value is -2.60.